The molecule has 1 N–H and O–H groups in total. The van der Waals surface area contributed by atoms with Crippen molar-refractivity contribution < 1.29 is 27.4 Å². The Hall–Kier alpha value is -3.76. The first kappa shape index (κ1) is 24.4. The maximum atomic E-state index is 13.3. The molecule has 8 nitrogen and oxygen atoms in total. The summed E-state index contributed by atoms with van der Waals surface area (Å²) < 4.78 is 44.2. The third-order valence-electron chi connectivity index (χ3n) is 5.45. The number of amides is 1. The maximum Gasteiger partial charge on any atom is 0.265 e. The molecule has 1 heterocycles. The van der Waals surface area contributed by atoms with Crippen molar-refractivity contribution in [3.63, 3.8) is 0 Å². The molecule has 35 heavy (non-hydrogen) atoms. The van der Waals surface area contributed by atoms with E-state index < -0.39 is 10.0 Å². The molecule has 182 valence electrons. The summed E-state index contributed by atoms with van der Waals surface area (Å²) in [5.74, 6) is 1.21. The lowest BCUT2D eigenvalue weighted by atomic mass is 10.2. The number of nitrogens with one attached hydrogen (secondary N) is 1. The number of rotatable bonds is 8. The molecule has 0 saturated heterocycles. The number of anilines is 2. The van der Waals surface area contributed by atoms with Crippen molar-refractivity contribution in [2.75, 3.05) is 38.0 Å². The van der Waals surface area contributed by atoms with Gasteiger partial charge in [0.15, 0.2) is 11.5 Å². The Morgan fingerprint density at radius 3 is 2.23 bits per heavy atom. The van der Waals surface area contributed by atoms with E-state index in [1.54, 1.807) is 61.7 Å². The molecule has 10 heteroatoms. The second kappa shape index (κ2) is 9.85. The number of carbonyl (C=O) groups excluding carboxylic acids is 1. The Kier molecular flexibility index (Phi) is 6.86. The number of hydrogen-bond acceptors (Lipinski definition) is 7. The van der Waals surface area contributed by atoms with E-state index in [4.69, 9.17) is 14.2 Å². The molecule has 4 rings (SSSR count). The predicted molar refractivity (Wildman–Crippen MR) is 138 cm³/mol. The number of fused-ring (bicyclic) bond motifs is 1. The first-order chi connectivity index (χ1) is 16.8. The smallest absolute Gasteiger partial charge is 0.265 e. The fourth-order valence-electron chi connectivity index (χ4n) is 3.48. The third kappa shape index (κ3) is 4.89. The van der Waals surface area contributed by atoms with E-state index in [1.807, 2.05) is 0 Å². The van der Waals surface area contributed by atoms with Gasteiger partial charge >= 0.3 is 0 Å². The summed E-state index contributed by atoms with van der Waals surface area (Å²) in [7, 11) is 2.13. The van der Waals surface area contributed by atoms with Gasteiger partial charge in [0.05, 0.1) is 36.8 Å². The van der Waals surface area contributed by atoms with Crippen molar-refractivity contribution >= 4 is 48.7 Å². The second-order valence-corrected chi connectivity index (χ2v) is 10.6. The van der Waals surface area contributed by atoms with Gasteiger partial charge in [0, 0.05) is 23.5 Å². The van der Waals surface area contributed by atoms with Crippen molar-refractivity contribution in [2.45, 2.75) is 4.90 Å². The predicted octanol–water partition coefficient (Wildman–Crippen LogP) is 5.00. The Morgan fingerprint density at radius 1 is 0.857 bits per heavy atom. The van der Waals surface area contributed by atoms with Gasteiger partial charge in [-0.15, -0.1) is 11.3 Å². The van der Waals surface area contributed by atoms with Crippen LogP contribution in [0, 0.1) is 0 Å². The molecule has 0 bridgehead atoms. The highest BCUT2D eigenvalue weighted by atomic mass is 32.2. The zero-order chi connectivity index (χ0) is 25.2. The first-order valence-electron chi connectivity index (χ1n) is 10.5. The van der Waals surface area contributed by atoms with Crippen molar-refractivity contribution in [3.8, 4) is 17.2 Å². The van der Waals surface area contributed by atoms with Crippen molar-refractivity contribution in [3.05, 3.63) is 71.6 Å². The second-order valence-electron chi connectivity index (χ2n) is 7.50. The quantitative estimate of drug-likeness (QED) is 0.357. The van der Waals surface area contributed by atoms with Crippen LogP contribution in [-0.2, 0) is 10.0 Å². The highest BCUT2D eigenvalue weighted by Gasteiger charge is 2.24. The van der Waals surface area contributed by atoms with Gasteiger partial charge in [0.2, 0.25) is 0 Å². The summed E-state index contributed by atoms with van der Waals surface area (Å²) in [4.78, 5) is 13.3. The van der Waals surface area contributed by atoms with Crippen molar-refractivity contribution in [2.24, 2.45) is 0 Å². The number of benzene rings is 3. The minimum absolute atomic E-state index is 0.0719. The third-order valence-corrected chi connectivity index (χ3v) is 8.34. The molecule has 0 saturated carbocycles. The average molecular weight is 513 g/mol. The Balaban J connectivity index is 1.59. The Bertz CT molecular complexity index is 1480. The maximum absolute atomic E-state index is 13.3. The monoisotopic (exact) mass is 512 g/mol. The van der Waals surface area contributed by atoms with Crippen LogP contribution in [0.2, 0.25) is 0 Å². The van der Waals surface area contributed by atoms with Gasteiger partial charge < -0.3 is 19.5 Å². The number of carbonyl (C=O) groups is 1. The lowest BCUT2D eigenvalue weighted by Gasteiger charge is -2.20. The average Bonchev–Trinajstić information content (AvgIpc) is 3.32. The minimum Gasteiger partial charge on any atom is -0.497 e. The normalized spacial score (nSPS) is 11.2. The highest BCUT2D eigenvalue weighted by molar-refractivity contribution is 7.92. The van der Waals surface area contributed by atoms with Crippen LogP contribution in [0.3, 0.4) is 0 Å². The lowest BCUT2D eigenvalue weighted by Crippen LogP contribution is -2.26. The van der Waals surface area contributed by atoms with Crippen LogP contribution in [-0.4, -0.2) is 42.7 Å². The van der Waals surface area contributed by atoms with Crippen molar-refractivity contribution in [1.82, 2.24) is 0 Å². The Labute approximate surface area is 207 Å². The fourth-order valence-corrected chi connectivity index (χ4v) is 5.62. The van der Waals surface area contributed by atoms with Gasteiger partial charge in [0.1, 0.15) is 5.75 Å². The molecule has 0 atom stereocenters. The van der Waals surface area contributed by atoms with Crippen LogP contribution in [0.1, 0.15) is 9.67 Å². The van der Waals surface area contributed by atoms with Crippen LogP contribution in [0.4, 0.5) is 11.4 Å². The van der Waals surface area contributed by atoms with Crippen LogP contribution >= 0.6 is 11.3 Å². The molecule has 0 spiro atoms. The summed E-state index contributed by atoms with van der Waals surface area (Å²) >= 11 is 1.33. The lowest BCUT2D eigenvalue weighted by molar-refractivity contribution is 0.103. The zero-order valence-corrected chi connectivity index (χ0v) is 21.2. The number of ether oxygens (including phenoxy) is 3. The fraction of sp³-hybridized carbons (Fsp3) is 0.160. The summed E-state index contributed by atoms with van der Waals surface area (Å²) in [5, 5.41) is 3.63. The number of nitrogens with zero attached hydrogens (tertiary/aromatic N) is 1. The molecule has 4 aromatic rings. The highest BCUT2D eigenvalue weighted by Crippen LogP contribution is 2.34. The van der Waals surface area contributed by atoms with Crippen LogP contribution < -0.4 is 23.8 Å². The largest absolute Gasteiger partial charge is 0.497 e. The molecule has 3 aromatic carbocycles. The SMILES string of the molecule is COc1ccc(NC(=O)c2cc3cc(N(C)S(=O)(=O)c4ccc(OC)c(OC)c4)ccc3s2)cc1. The molecular formula is C25H24N2O6S2. The van der Waals surface area contributed by atoms with Crippen LogP contribution in [0.15, 0.2) is 71.6 Å². The van der Waals surface area contributed by atoms with Gasteiger partial charge in [-0.1, -0.05) is 0 Å². The topological polar surface area (TPSA) is 94.2 Å². The zero-order valence-electron chi connectivity index (χ0n) is 19.6. The molecule has 1 amide bonds. The van der Waals surface area contributed by atoms with E-state index in [-0.39, 0.29) is 10.8 Å². The van der Waals surface area contributed by atoms with Gasteiger partial charge in [-0.05, 0) is 66.0 Å². The van der Waals surface area contributed by atoms with Crippen LogP contribution in [0.5, 0.6) is 17.2 Å². The molecule has 0 aliphatic carbocycles. The summed E-state index contributed by atoms with van der Waals surface area (Å²) in [5.41, 5.74) is 1.11. The minimum atomic E-state index is -3.86. The molecule has 0 aliphatic rings. The van der Waals surface area contributed by atoms with E-state index in [1.165, 1.54) is 49.0 Å². The van der Waals surface area contributed by atoms with Gasteiger partial charge in [-0.3, -0.25) is 9.10 Å². The van der Waals surface area contributed by atoms with Gasteiger partial charge in [-0.2, -0.15) is 0 Å². The first-order valence-corrected chi connectivity index (χ1v) is 12.7. The van der Waals surface area contributed by atoms with E-state index in [0.29, 0.717) is 33.5 Å². The van der Waals surface area contributed by atoms with E-state index >= 15 is 0 Å². The Morgan fingerprint density at radius 2 is 1.57 bits per heavy atom. The van der Waals surface area contributed by atoms with Crippen molar-refractivity contribution in [1.29, 1.82) is 0 Å². The molecular weight excluding hydrogens is 488 g/mol. The summed E-state index contributed by atoms with van der Waals surface area (Å²) in [6.07, 6.45) is 0. The van der Waals surface area contributed by atoms with E-state index in [9.17, 15) is 13.2 Å². The number of sulfonamides is 1. The number of methoxy groups -OCH3 is 3. The van der Waals surface area contributed by atoms with E-state index in [2.05, 4.69) is 5.32 Å². The molecule has 0 radical (unpaired) electrons. The van der Waals surface area contributed by atoms with Crippen LogP contribution in [0.25, 0.3) is 10.1 Å². The standard InChI is InChI=1S/C25H24N2O6S2/c1-27(35(29,30)20-10-11-21(32-3)22(15-20)33-4)18-7-12-23-16(13-18)14-24(34-23)25(28)26-17-5-8-19(31-2)9-6-17/h5-15H,1-4H3,(H,26,28). The number of thiophene rings is 1. The van der Waals surface area contributed by atoms with Gasteiger partial charge in [-0.25, -0.2) is 8.42 Å². The van der Waals surface area contributed by atoms with Gasteiger partial charge in [0.25, 0.3) is 15.9 Å². The molecule has 0 unspecified atom stereocenters. The molecule has 0 fully saturated rings. The summed E-state index contributed by atoms with van der Waals surface area (Å²) in [6.45, 7) is 0. The molecule has 0 aliphatic heterocycles. The summed E-state index contributed by atoms with van der Waals surface area (Å²) in [6, 6.07) is 18.5. The number of hydrogen-bond donors (Lipinski definition) is 1. The van der Waals surface area contributed by atoms with E-state index in [0.717, 1.165) is 10.1 Å². The molecule has 1 aromatic heterocycles.